The smallest absolute Gasteiger partial charge is 0.213 e. The number of sulfonamides is 1. The van der Waals surface area contributed by atoms with E-state index in [1.54, 1.807) is 7.11 Å². The molecule has 2 rings (SSSR count). The first-order valence-corrected chi connectivity index (χ1v) is 10.8. The van der Waals surface area contributed by atoms with Crippen LogP contribution in [-0.4, -0.2) is 40.3 Å². The minimum atomic E-state index is -3.37. The van der Waals surface area contributed by atoms with Gasteiger partial charge in [0.1, 0.15) is 5.75 Å². The fourth-order valence-corrected chi connectivity index (χ4v) is 3.31. The second kappa shape index (κ2) is 13.4. The normalized spacial score (nSPS) is 11.4. The minimum Gasteiger partial charge on any atom is -0.497 e. The zero-order chi connectivity index (χ0) is 20.2. The number of methoxy groups -OCH3 is 1. The molecule has 29 heavy (non-hydrogen) atoms. The Morgan fingerprint density at radius 3 is 2.31 bits per heavy atom. The van der Waals surface area contributed by atoms with Gasteiger partial charge in [0, 0.05) is 19.6 Å². The molecule has 0 unspecified atom stereocenters. The van der Waals surface area contributed by atoms with Gasteiger partial charge < -0.3 is 15.4 Å². The molecule has 7 nitrogen and oxygen atoms in total. The Morgan fingerprint density at radius 2 is 1.69 bits per heavy atom. The summed E-state index contributed by atoms with van der Waals surface area (Å²) in [5.41, 5.74) is 1.96. The molecule has 2 aromatic rings. The molecule has 0 heterocycles. The summed E-state index contributed by atoms with van der Waals surface area (Å²) in [5, 5.41) is 6.18. The fourth-order valence-electron chi connectivity index (χ4n) is 2.41. The van der Waals surface area contributed by atoms with Gasteiger partial charge in [0.15, 0.2) is 5.96 Å². The second-order valence-corrected chi connectivity index (χ2v) is 8.02. The highest BCUT2D eigenvalue weighted by atomic mass is 127. The Morgan fingerprint density at radius 1 is 1.00 bits per heavy atom. The van der Waals surface area contributed by atoms with Crippen LogP contribution in [0.4, 0.5) is 0 Å². The summed E-state index contributed by atoms with van der Waals surface area (Å²) in [5.74, 6) is 1.34. The van der Waals surface area contributed by atoms with Gasteiger partial charge in [-0.3, -0.25) is 0 Å². The number of rotatable bonds is 10. The van der Waals surface area contributed by atoms with Crippen LogP contribution in [0.5, 0.6) is 5.75 Å². The summed E-state index contributed by atoms with van der Waals surface area (Å²) in [6.45, 7) is 3.68. The van der Waals surface area contributed by atoms with Gasteiger partial charge in [-0.25, -0.2) is 18.1 Å². The SMILES string of the molecule is CCNC(=NCc1ccc(OC)cc1)NCCS(=O)(=O)NCc1ccccc1.I. The van der Waals surface area contributed by atoms with Gasteiger partial charge in [-0.2, -0.15) is 0 Å². The van der Waals surface area contributed by atoms with Crippen LogP contribution in [0.25, 0.3) is 0 Å². The van der Waals surface area contributed by atoms with E-state index in [-0.39, 0.29) is 42.8 Å². The van der Waals surface area contributed by atoms with Crippen molar-refractivity contribution in [2.75, 3.05) is 26.0 Å². The Balaban J connectivity index is 0.00000420. The summed E-state index contributed by atoms with van der Waals surface area (Å²) in [7, 11) is -1.75. The van der Waals surface area contributed by atoms with E-state index in [0.717, 1.165) is 16.9 Å². The molecule has 0 saturated carbocycles. The lowest BCUT2D eigenvalue weighted by Crippen LogP contribution is -2.41. The molecule has 160 valence electrons. The van der Waals surface area contributed by atoms with E-state index in [1.165, 1.54) is 0 Å². The second-order valence-electron chi connectivity index (χ2n) is 6.10. The highest BCUT2D eigenvalue weighted by Gasteiger charge is 2.10. The summed E-state index contributed by atoms with van der Waals surface area (Å²) in [6, 6.07) is 17.1. The number of guanidine groups is 1. The maximum atomic E-state index is 12.2. The standard InChI is InChI=1S/C20H28N4O3S.HI/c1-3-21-20(23-15-18-9-11-19(27-2)12-10-18)22-13-14-28(25,26)24-16-17-7-5-4-6-8-17;/h4-12,24H,3,13-16H2,1-2H3,(H2,21,22,23);1H. The molecule has 0 aromatic heterocycles. The van der Waals surface area contributed by atoms with E-state index in [4.69, 9.17) is 4.74 Å². The Kier molecular flexibility index (Phi) is 11.6. The lowest BCUT2D eigenvalue weighted by molar-refractivity contribution is 0.414. The van der Waals surface area contributed by atoms with E-state index in [1.807, 2.05) is 61.5 Å². The highest BCUT2D eigenvalue weighted by molar-refractivity contribution is 14.0. The number of hydrogen-bond donors (Lipinski definition) is 3. The van der Waals surface area contributed by atoms with E-state index in [9.17, 15) is 8.42 Å². The van der Waals surface area contributed by atoms with Crippen molar-refractivity contribution in [2.24, 2.45) is 4.99 Å². The van der Waals surface area contributed by atoms with Crippen LogP contribution < -0.4 is 20.1 Å². The number of aliphatic imine (C=N–C) groups is 1. The first-order chi connectivity index (χ1) is 13.5. The minimum absolute atomic E-state index is 0. The Hall–Kier alpha value is -1.85. The van der Waals surface area contributed by atoms with Crippen LogP contribution in [0.3, 0.4) is 0 Å². The number of benzene rings is 2. The van der Waals surface area contributed by atoms with Crippen LogP contribution in [0.1, 0.15) is 18.1 Å². The molecule has 0 atom stereocenters. The maximum Gasteiger partial charge on any atom is 0.213 e. The van der Waals surface area contributed by atoms with Gasteiger partial charge in [-0.1, -0.05) is 42.5 Å². The van der Waals surface area contributed by atoms with Crippen molar-refractivity contribution in [2.45, 2.75) is 20.0 Å². The molecule has 9 heteroatoms. The molecule has 0 aliphatic heterocycles. The van der Waals surface area contributed by atoms with Gasteiger partial charge in [-0.15, -0.1) is 24.0 Å². The zero-order valence-electron chi connectivity index (χ0n) is 16.7. The van der Waals surface area contributed by atoms with Crippen LogP contribution in [0.2, 0.25) is 0 Å². The summed E-state index contributed by atoms with van der Waals surface area (Å²) in [4.78, 5) is 4.49. The molecule has 0 amide bonds. The van der Waals surface area contributed by atoms with Crippen molar-refractivity contribution in [3.05, 3.63) is 65.7 Å². The average Bonchev–Trinajstić information content (AvgIpc) is 2.71. The van der Waals surface area contributed by atoms with Gasteiger partial charge >= 0.3 is 0 Å². The largest absolute Gasteiger partial charge is 0.497 e. The lowest BCUT2D eigenvalue weighted by Gasteiger charge is -2.12. The number of ether oxygens (including phenoxy) is 1. The van der Waals surface area contributed by atoms with Crippen molar-refractivity contribution < 1.29 is 13.2 Å². The molecular weight excluding hydrogens is 503 g/mol. The van der Waals surface area contributed by atoms with Crippen molar-refractivity contribution in [3.8, 4) is 5.75 Å². The van der Waals surface area contributed by atoms with Crippen LogP contribution in [-0.2, 0) is 23.1 Å². The Labute approximate surface area is 190 Å². The molecule has 0 bridgehead atoms. The van der Waals surface area contributed by atoms with Crippen LogP contribution in [0.15, 0.2) is 59.6 Å². The zero-order valence-corrected chi connectivity index (χ0v) is 19.9. The quantitative estimate of drug-likeness (QED) is 0.249. The summed E-state index contributed by atoms with van der Waals surface area (Å²) < 4.78 is 32.1. The van der Waals surface area contributed by atoms with Gasteiger partial charge in [0.25, 0.3) is 0 Å². The fraction of sp³-hybridized carbons (Fsp3) is 0.350. The third-order valence-corrected chi connectivity index (χ3v) is 5.25. The molecule has 0 saturated heterocycles. The molecule has 0 fully saturated rings. The molecule has 0 spiro atoms. The molecular formula is C20H29IN4O3S. The third-order valence-electron chi connectivity index (χ3n) is 3.93. The van der Waals surface area contributed by atoms with Crippen LogP contribution >= 0.6 is 24.0 Å². The topological polar surface area (TPSA) is 91.8 Å². The third kappa shape index (κ3) is 9.95. The molecule has 0 radical (unpaired) electrons. The van der Waals surface area contributed by atoms with E-state index < -0.39 is 10.0 Å². The maximum absolute atomic E-state index is 12.2. The number of halogens is 1. The van der Waals surface area contributed by atoms with E-state index in [2.05, 4.69) is 20.3 Å². The number of hydrogen-bond acceptors (Lipinski definition) is 4. The first-order valence-electron chi connectivity index (χ1n) is 9.19. The first kappa shape index (κ1) is 25.2. The van der Waals surface area contributed by atoms with Crippen molar-refractivity contribution in [1.29, 1.82) is 0 Å². The van der Waals surface area contributed by atoms with Gasteiger partial charge in [-0.05, 0) is 30.2 Å². The van der Waals surface area contributed by atoms with Gasteiger partial charge in [0.05, 0.1) is 19.4 Å². The van der Waals surface area contributed by atoms with Crippen LogP contribution in [0, 0.1) is 0 Å². The highest BCUT2D eigenvalue weighted by Crippen LogP contribution is 2.11. The molecule has 0 aliphatic carbocycles. The van der Waals surface area contributed by atoms with E-state index in [0.29, 0.717) is 19.0 Å². The van der Waals surface area contributed by atoms with Crippen molar-refractivity contribution in [1.82, 2.24) is 15.4 Å². The van der Waals surface area contributed by atoms with Gasteiger partial charge in [0.2, 0.25) is 10.0 Å². The number of nitrogens with zero attached hydrogens (tertiary/aromatic N) is 1. The summed E-state index contributed by atoms with van der Waals surface area (Å²) in [6.07, 6.45) is 0. The predicted molar refractivity (Wildman–Crippen MR) is 128 cm³/mol. The van der Waals surface area contributed by atoms with Crippen molar-refractivity contribution in [3.63, 3.8) is 0 Å². The predicted octanol–water partition coefficient (Wildman–Crippen LogP) is 2.49. The summed E-state index contributed by atoms with van der Waals surface area (Å²) >= 11 is 0. The van der Waals surface area contributed by atoms with E-state index >= 15 is 0 Å². The Bertz CT molecular complexity index is 844. The molecule has 2 aromatic carbocycles. The lowest BCUT2D eigenvalue weighted by atomic mass is 10.2. The molecule has 0 aliphatic rings. The van der Waals surface area contributed by atoms with Crippen molar-refractivity contribution >= 4 is 40.0 Å². The monoisotopic (exact) mass is 532 g/mol. The molecule has 3 N–H and O–H groups in total. The average molecular weight is 532 g/mol. The number of nitrogens with one attached hydrogen (secondary N) is 3.